The van der Waals surface area contributed by atoms with E-state index in [1.807, 2.05) is 31.2 Å². The van der Waals surface area contributed by atoms with E-state index in [0.29, 0.717) is 13.1 Å². The number of aromatic nitrogens is 1. The zero-order chi connectivity index (χ0) is 14.6. The molecular weight excluding hydrogens is 272 g/mol. The molecule has 1 aromatic carbocycles. The van der Waals surface area contributed by atoms with E-state index in [4.69, 9.17) is 11.6 Å². The highest BCUT2D eigenvalue weighted by Crippen LogP contribution is 2.24. The second kappa shape index (κ2) is 6.53. The molecule has 0 saturated carbocycles. The highest BCUT2D eigenvalue weighted by molar-refractivity contribution is 6.35. The third kappa shape index (κ3) is 3.69. The zero-order valence-corrected chi connectivity index (χ0v) is 12.7. The van der Waals surface area contributed by atoms with Crippen LogP contribution in [0.3, 0.4) is 0 Å². The fourth-order valence-corrected chi connectivity index (χ4v) is 2.65. The number of halogens is 1. The van der Waals surface area contributed by atoms with Gasteiger partial charge in [-0.1, -0.05) is 31.0 Å². The predicted octanol–water partition coefficient (Wildman–Crippen LogP) is 3.53. The molecule has 0 radical (unpaired) electrons. The molecule has 108 valence electrons. The van der Waals surface area contributed by atoms with Gasteiger partial charge >= 0.3 is 0 Å². The molecular formula is C16H21ClN2O. The summed E-state index contributed by atoms with van der Waals surface area (Å²) in [6.07, 6.45) is 3.54. The maximum Gasteiger partial charge on any atom is 0.0761 e. The van der Waals surface area contributed by atoms with Gasteiger partial charge in [-0.15, -0.1) is 0 Å². The standard InChI is InChI=1S/C16H21ClN2O/c1-3-8-16(2,20)11-18-10-12-6-7-14(17)13-5-4-9-19-15(12)13/h4-7,9,18,20H,3,8,10-11H2,1-2H3. The number of fused-ring (bicyclic) bond motifs is 1. The van der Waals surface area contributed by atoms with Gasteiger partial charge in [-0.25, -0.2) is 0 Å². The van der Waals surface area contributed by atoms with Crippen LogP contribution in [0.5, 0.6) is 0 Å². The number of aliphatic hydroxyl groups is 1. The highest BCUT2D eigenvalue weighted by atomic mass is 35.5. The Kier molecular flexibility index (Phi) is 4.97. The smallest absolute Gasteiger partial charge is 0.0761 e. The van der Waals surface area contributed by atoms with Crippen molar-refractivity contribution in [3.8, 4) is 0 Å². The van der Waals surface area contributed by atoms with Crippen LogP contribution in [0, 0.1) is 0 Å². The molecule has 0 aliphatic rings. The van der Waals surface area contributed by atoms with Crippen molar-refractivity contribution in [2.45, 2.75) is 38.8 Å². The number of hydrogen-bond donors (Lipinski definition) is 2. The molecule has 20 heavy (non-hydrogen) atoms. The molecule has 4 heteroatoms. The summed E-state index contributed by atoms with van der Waals surface area (Å²) in [5, 5.41) is 15.1. The van der Waals surface area contributed by atoms with Gasteiger partial charge < -0.3 is 10.4 Å². The molecule has 1 aromatic heterocycles. The van der Waals surface area contributed by atoms with E-state index in [2.05, 4.69) is 17.2 Å². The topological polar surface area (TPSA) is 45.1 Å². The quantitative estimate of drug-likeness (QED) is 0.856. The Labute approximate surface area is 125 Å². The molecule has 0 saturated heterocycles. The molecule has 2 rings (SSSR count). The van der Waals surface area contributed by atoms with E-state index in [9.17, 15) is 5.11 Å². The molecule has 0 bridgehead atoms. The first kappa shape index (κ1) is 15.2. The van der Waals surface area contributed by atoms with Crippen molar-refractivity contribution in [3.63, 3.8) is 0 Å². The Hall–Kier alpha value is -1.16. The van der Waals surface area contributed by atoms with Gasteiger partial charge in [-0.2, -0.15) is 0 Å². The van der Waals surface area contributed by atoms with Crippen molar-refractivity contribution in [1.82, 2.24) is 10.3 Å². The Morgan fingerprint density at radius 2 is 2.15 bits per heavy atom. The van der Waals surface area contributed by atoms with Crippen LogP contribution in [0.15, 0.2) is 30.5 Å². The Morgan fingerprint density at radius 3 is 2.90 bits per heavy atom. The van der Waals surface area contributed by atoms with Crippen LogP contribution >= 0.6 is 11.6 Å². The fourth-order valence-electron chi connectivity index (χ4n) is 2.43. The molecule has 1 atom stereocenters. The Balaban J connectivity index is 2.09. The summed E-state index contributed by atoms with van der Waals surface area (Å²) in [5.41, 5.74) is 1.35. The lowest BCUT2D eigenvalue weighted by Crippen LogP contribution is -2.37. The van der Waals surface area contributed by atoms with Gasteiger partial charge in [0.15, 0.2) is 0 Å². The van der Waals surface area contributed by atoms with Crippen molar-refractivity contribution in [1.29, 1.82) is 0 Å². The summed E-state index contributed by atoms with van der Waals surface area (Å²) in [7, 11) is 0. The van der Waals surface area contributed by atoms with E-state index < -0.39 is 5.60 Å². The van der Waals surface area contributed by atoms with Gasteiger partial charge in [0.05, 0.1) is 11.1 Å². The van der Waals surface area contributed by atoms with Gasteiger partial charge in [0.2, 0.25) is 0 Å². The van der Waals surface area contributed by atoms with Crippen LogP contribution in [0.25, 0.3) is 10.9 Å². The van der Waals surface area contributed by atoms with Gasteiger partial charge in [0.1, 0.15) is 0 Å². The van der Waals surface area contributed by atoms with Crippen LogP contribution < -0.4 is 5.32 Å². The van der Waals surface area contributed by atoms with E-state index in [-0.39, 0.29) is 0 Å². The molecule has 0 amide bonds. The first-order valence-electron chi connectivity index (χ1n) is 6.99. The summed E-state index contributed by atoms with van der Waals surface area (Å²) in [4.78, 5) is 4.41. The number of benzene rings is 1. The van der Waals surface area contributed by atoms with E-state index in [1.54, 1.807) is 6.20 Å². The van der Waals surface area contributed by atoms with Crippen LogP contribution in [-0.2, 0) is 6.54 Å². The molecule has 0 fully saturated rings. The first-order chi connectivity index (χ1) is 9.53. The Morgan fingerprint density at radius 1 is 1.35 bits per heavy atom. The summed E-state index contributed by atoms with van der Waals surface area (Å²) in [6.45, 7) is 5.18. The summed E-state index contributed by atoms with van der Waals surface area (Å²) in [6, 6.07) is 7.74. The van der Waals surface area contributed by atoms with E-state index >= 15 is 0 Å². The minimum absolute atomic E-state index is 0.567. The third-order valence-corrected chi connectivity index (χ3v) is 3.74. The van der Waals surface area contributed by atoms with Crippen LogP contribution in [0.2, 0.25) is 5.02 Å². The van der Waals surface area contributed by atoms with Crippen LogP contribution in [0.4, 0.5) is 0 Å². The molecule has 1 heterocycles. The molecule has 0 aliphatic heterocycles. The van der Waals surface area contributed by atoms with Gasteiger partial charge in [-0.05, 0) is 37.1 Å². The number of nitrogens with one attached hydrogen (secondary N) is 1. The highest BCUT2D eigenvalue weighted by Gasteiger charge is 2.18. The lowest BCUT2D eigenvalue weighted by molar-refractivity contribution is 0.0498. The minimum Gasteiger partial charge on any atom is -0.389 e. The molecule has 3 nitrogen and oxygen atoms in total. The number of hydrogen-bond acceptors (Lipinski definition) is 3. The second-order valence-electron chi connectivity index (χ2n) is 5.46. The van der Waals surface area contributed by atoms with Gasteiger partial charge in [-0.3, -0.25) is 4.98 Å². The summed E-state index contributed by atoms with van der Waals surface area (Å²) < 4.78 is 0. The van der Waals surface area contributed by atoms with Crippen molar-refractivity contribution < 1.29 is 5.11 Å². The largest absolute Gasteiger partial charge is 0.389 e. The van der Waals surface area contributed by atoms with E-state index in [0.717, 1.165) is 34.3 Å². The molecule has 2 N–H and O–H groups in total. The normalized spacial score (nSPS) is 14.4. The first-order valence-corrected chi connectivity index (χ1v) is 7.36. The van der Waals surface area contributed by atoms with E-state index in [1.165, 1.54) is 0 Å². The monoisotopic (exact) mass is 292 g/mol. The second-order valence-corrected chi connectivity index (χ2v) is 5.86. The number of nitrogens with zero attached hydrogens (tertiary/aromatic N) is 1. The average Bonchev–Trinajstić information content (AvgIpc) is 2.41. The van der Waals surface area contributed by atoms with Gasteiger partial charge in [0.25, 0.3) is 0 Å². The predicted molar refractivity (Wildman–Crippen MR) is 84.0 cm³/mol. The Bertz CT molecular complexity index is 584. The lowest BCUT2D eigenvalue weighted by Gasteiger charge is -2.23. The van der Waals surface area contributed by atoms with Crippen LogP contribution in [-0.4, -0.2) is 22.2 Å². The van der Waals surface area contributed by atoms with Crippen LogP contribution in [0.1, 0.15) is 32.3 Å². The maximum absolute atomic E-state index is 10.2. The fraction of sp³-hybridized carbons (Fsp3) is 0.438. The van der Waals surface area contributed by atoms with Crippen molar-refractivity contribution in [3.05, 3.63) is 41.0 Å². The molecule has 0 aliphatic carbocycles. The molecule has 2 aromatic rings. The zero-order valence-electron chi connectivity index (χ0n) is 12.0. The average molecular weight is 293 g/mol. The SMILES string of the molecule is CCCC(C)(O)CNCc1ccc(Cl)c2cccnc12. The molecule has 0 spiro atoms. The minimum atomic E-state index is -0.662. The number of pyridine rings is 1. The van der Waals surface area contributed by atoms with Gasteiger partial charge in [0, 0.05) is 29.7 Å². The molecule has 1 unspecified atom stereocenters. The van der Waals surface area contributed by atoms with Crippen molar-refractivity contribution in [2.24, 2.45) is 0 Å². The maximum atomic E-state index is 10.2. The van der Waals surface area contributed by atoms with Crippen molar-refractivity contribution >= 4 is 22.5 Å². The number of rotatable bonds is 6. The summed E-state index contributed by atoms with van der Waals surface area (Å²) in [5.74, 6) is 0. The summed E-state index contributed by atoms with van der Waals surface area (Å²) >= 11 is 6.18. The third-order valence-electron chi connectivity index (χ3n) is 3.41. The lowest BCUT2D eigenvalue weighted by atomic mass is 10.0. The van der Waals surface area contributed by atoms with Crippen molar-refractivity contribution in [2.75, 3.05) is 6.54 Å².